The number of urea groups is 1. The summed E-state index contributed by atoms with van der Waals surface area (Å²) >= 11 is 3.59. The van der Waals surface area contributed by atoms with E-state index in [1.165, 1.54) is 4.91 Å². The summed E-state index contributed by atoms with van der Waals surface area (Å²) in [5, 5.41) is 6.58. The number of benzene rings is 4. The average molecular weight is 649 g/mol. The predicted octanol–water partition coefficient (Wildman–Crippen LogP) is 10.2. The van der Waals surface area contributed by atoms with Gasteiger partial charge in [-0.15, -0.1) is 23.1 Å². The summed E-state index contributed by atoms with van der Waals surface area (Å²) in [7, 11) is 3.78. The van der Waals surface area contributed by atoms with E-state index in [0.29, 0.717) is 19.5 Å². The fourth-order valence-electron chi connectivity index (χ4n) is 5.85. The van der Waals surface area contributed by atoms with E-state index < -0.39 is 0 Å². The molecule has 7 heteroatoms. The Bertz CT molecular complexity index is 1810. The molecule has 1 aliphatic rings. The number of thiophene rings is 1. The molecule has 5 nitrogen and oxygen atoms in total. The molecule has 0 saturated carbocycles. The Morgan fingerprint density at radius 3 is 2.13 bits per heavy atom. The summed E-state index contributed by atoms with van der Waals surface area (Å²) in [6, 6.07) is 33.0. The maximum Gasteiger partial charge on any atom is 0.319 e. The summed E-state index contributed by atoms with van der Waals surface area (Å²) < 4.78 is 12.8. The molecule has 2 atom stereocenters. The lowest BCUT2D eigenvalue weighted by Crippen LogP contribution is -2.40. The number of thioether (sulfide) groups is 1. The number of allylic oxidation sites excluding steroid dienone is 3. The van der Waals surface area contributed by atoms with Crippen molar-refractivity contribution in [2.45, 2.75) is 25.4 Å². The van der Waals surface area contributed by atoms with Crippen molar-refractivity contribution >= 4 is 50.7 Å². The second kappa shape index (κ2) is 15.4. The number of carbonyl (C=O) groups is 1. The third-order valence-electron chi connectivity index (χ3n) is 8.39. The van der Waals surface area contributed by atoms with Crippen molar-refractivity contribution in [3.05, 3.63) is 131 Å². The van der Waals surface area contributed by atoms with Crippen LogP contribution in [0.15, 0.2) is 126 Å². The molecule has 2 amide bonds. The third-order valence-corrected chi connectivity index (χ3v) is 10.6. The SMILES string of the molecule is CN(CCC(C=COc1cccc2ccccc12)C1=CCCS1)C(=O)N(C)CCC(Oc1cccc2ccccc12)c1cccs1. The van der Waals surface area contributed by atoms with Crippen molar-refractivity contribution in [3.63, 3.8) is 0 Å². The van der Waals surface area contributed by atoms with Gasteiger partial charge >= 0.3 is 6.03 Å². The van der Waals surface area contributed by atoms with Crippen LogP contribution in [0.25, 0.3) is 21.5 Å². The summed E-state index contributed by atoms with van der Waals surface area (Å²) in [5.74, 6) is 3.01. The van der Waals surface area contributed by atoms with Gasteiger partial charge in [-0.1, -0.05) is 84.9 Å². The zero-order chi connectivity index (χ0) is 31.7. The summed E-state index contributed by atoms with van der Waals surface area (Å²) in [5.41, 5.74) is 0. The summed E-state index contributed by atoms with van der Waals surface area (Å²) in [6.07, 6.45) is 8.75. The van der Waals surface area contributed by atoms with Gasteiger partial charge in [0.15, 0.2) is 0 Å². The highest BCUT2D eigenvalue weighted by Gasteiger charge is 2.22. The molecule has 6 rings (SSSR count). The van der Waals surface area contributed by atoms with E-state index in [0.717, 1.165) is 56.5 Å². The number of ether oxygens (including phenoxy) is 2. The van der Waals surface area contributed by atoms with Gasteiger partial charge in [-0.25, -0.2) is 4.79 Å². The smallest absolute Gasteiger partial charge is 0.319 e. The Labute approximate surface area is 280 Å². The molecule has 2 heterocycles. The monoisotopic (exact) mass is 648 g/mol. The van der Waals surface area contributed by atoms with E-state index in [4.69, 9.17) is 9.47 Å². The number of fused-ring (bicyclic) bond motifs is 2. The first-order valence-corrected chi connectivity index (χ1v) is 17.7. The second-order valence-corrected chi connectivity index (χ2v) is 13.7. The van der Waals surface area contributed by atoms with Crippen LogP contribution in [-0.2, 0) is 0 Å². The Balaban J connectivity index is 1.06. The number of hydrogen-bond acceptors (Lipinski definition) is 5. The van der Waals surface area contributed by atoms with Gasteiger partial charge in [-0.05, 0) is 58.2 Å². The van der Waals surface area contributed by atoms with Crippen LogP contribution in [0.4, 0.5) is 4.79 Å². The first-order valence-electron chi connectivity index (χ1n) is 15.8. The van der Waals surface area contributed by atoms with Crippen LogP contribution in [0.2, 0.25) is 0 Å². The van der Waals surface area contributed by atoms with Crippen molar-refractivity contribution < 1.29 is 14.3 Å². The Hall–Kier alpha value is -4.20. The van der Waals surface area contributed by atoms with E-state index in [9.17, 15) is 4.79 Å². The highest BCUT2D eigenvalue weighted by atomic mass is 32.2. The van der Waals surface area contributed by atoms with Gasteiger partial charge in [-0.2, -0.15) is 0 Å². The van der Waals surface area contributed by atoms with Crippen LogP contribution in [-0.4, -0.2) is 48.8 Å². The van der Waals surface area contributed by atoms with Crippen molar-refractivity contribution in [2.75, 3.05) is 32.9 Å². The van der Waals surface area contributed by atoms with Crippen LogP contribution < -0.4 is 9.47 Å². The zero-order valence-electron chi connectivity index (χ0n) is 26.4. The molecule has 2 unspecified atom stereocenters. The van der Waals surface area contributed by atoms with E-state index in [1.807, 2.05) is 90.5 Å². The lowest BCUT2D eigenvalue weighted by atomic mass is 10.0. The largest absolute Gasteiger partial charge is 0.484 e. The summed E-state index contributed by atoms with van der Waals surface area (Å²) in [4.78, 5) is 19.6. The van der Waals surface area contributed by atoms with E-state index in [2.05, 4.69) is 66.1 Å². The lowest BCUT2D eigenvalue weighted by molar-refractivity contribution is 0.153. The lowest BCUT2D eigenvalue weighted by Gasteiger charge is -2.28. The van der Waals surface area contributed by atoms with Crippen LogP contribution in [0.3, 0.4) is 0 Å². The first kappa shape index (κ1) is 31.8. The molecular weight excluding hydrogens is 609 g/mol. The molecule has 5 aromatic rings. The quantitative estimate of drug-likeness (QED) is 0.119. The average Bonchev–Trinajstić information content (AvgIpc) is 3.83. The maximum atomic E-state index is 13.5. The molecule has 4 aromatic carbocycles. The highest BCUT2D eigenvalue weighted by Crippen LogP contribution is 2.35. The number of rotatable bonds is 13. The molecule has 0 saturated heterocycles. The standard InChI is InChI=1S/C39H40N2O3S2/c1-40(24-21-31(37-19-9-27-45-37)23-26-43-34-17-7-13-29-11-3-5-15-32(29)34)39(42)41(2)25-22-36(38-20-10-28-46-38)44-35-18-8-14-30-12-4-6-16-33(30)35/h3-8,10-20,23,26,28,31,36H,9,21-22,24-25,27H2,1-2H3. The Morgan fingerprint density at radius 2 is 1.46 bits per heavy atom. The predicted molar refractivity (Wildman–Crippen MR) is 194 cm³/mol. The fourth-order valence-corrected chi connectivity index (χ4v) is 7.75. The van der Waals surface area contributed by atoms with Crippen molar-refractivity contribution in [1.82, 2.24) is 9.80 Å². The molecule has 0 aliphatic carbocycles. The van der Waals surface area contributed by atoms with E-state index in [-0.39, 0.29) is 18.1 Å². The topological polar surface area (TPSA) is 42.0 Å². The van der Waals surface area contributed by atoms with Crippen LogP contribution >= 0.6 is 23.1 Å². The van der Waals surface area contributed by atoms with Crippen LogP contribution in [0.5, 0.6) is 11.5 Å². The molecule has 46 heavy (non-hydrogen) atoms. The van der Waals surface area contributed by atoms with Gasteiger partial charge in [0.25, 0.3) is 0 Å². The van der Waals surface area contributed by atoms with Gasteiger partial charge in [-0.3, -0.25) is 0 Å². The minimum atomic E-state index is -0.144. The maximum absolute atomic E-state index is 13.5. The molecule has 0 N–H and O–H groups in total. The molecular formula is C39H40N2O3S2. The van der Waals surface area contributed by atoms with Gasteiger partial charge < -0.3 is 19.3 Å². The van der Waals surface area contributed by atoms with Gasteiger partial charge in [0.05, 0.1) is 6.26 Å². The molecule has 236 valence electrons. The molecule has 1 aliphatic heterocycles. The van der Waals surface area contributed by atoms with Gasteiger partial charge in [0.1, 0.15) is 17.6 Å². The van der Waals surface area contributed by atoms with Gasteiger partial charge in [0.2, 0.25) is 0 Å². The van der Waals surface area contributed by atoms with Crippen molar-refractivity contribution in [3.8, 4) is 11.5 Å². The van der Waals surface area contributed by atoms with E-state index in [1.54, 1.807) is 11.3 Å². The second-order valence-electron chi connectivity index (χ2n) is 11.6. The van der Waals surface area contributed by atoms with E-state index >= 15 is 0 Å². The third kappa shape index (κ3) is 7.77. The van der Waals surface area contributed by atoms with Crippen LogP contribution in [0.1, 0.15) is 30.2 Å². The fraction of sp³-hybridized carbons (Fsp3) is 0.256. The Kier molecular flexibility index (Phi) is 10.6. The van der Waals surface area contributed by atoms with Crippen molar-refractivity contribution in [1.29, 1.82) is 0 Å². The molecule has 0 fully saturated rings. The minimum Gasteiger partial charge on any atom is -0.484 e. The van der Waals surface area contributed by atoms with Crippen molar-refractivity contribution in [2.24, 2.45) is 5.92 Å². The molecule has 0 radical (unpaired) electrons. The molecule has 1 aromatic heterocycles. The molecule has 0 spiro atoms. The number of nitrogens with zero attached hydrogens (tertiary/aromatic N) is 2. The van der Waals surface area contributed by atoms with Crippen LogP contribution in [0, 0.1) is 5.92 Å². The summed E-state index contributed by atoms with van der Waals surface area (Å²) in [6.45, 7) is 1.23. The normalized spacial score (nSPS) is 14.3. The molecule has 0 bridgehead atoms. The highest BCUT2D eigenvalue weighted by molar-refractivity contribution is 8.03. The van der Waals surface area contributed by atoms with Gasteiger partial charge in [0, 0.05) is 60.9 Å². The number of hydrogen-bond donors (Lipinski definition) is 0. The number of amides is 2. The zero-order valence-corrected chi connectivity index (χ0v) is 28.0. The minimum absolute atomic E-state index is 0.0119. The number of carbonyl (C=O) groups excluding carboxylic acids is 1. The first-order chi connectivity index (χ1) is 22.6. The Morgan fingerprint density at radius 1 is 0.804 bits per heavy atom.